The van der Waals surface area contributed by atoms with E-state index in [2.05, 4.69) is 26.8 Å². The van der Waals surface area contributed by atoms with E-state index in [1.54, 1.807) is 6.07 Å². The van der Waals surface area contributed by atoms with Gasteiger partial charge in [-0.15, -0.1) is 0 Å². The van der Waals surface area contributed by atoms with Gasteiger partial charge >= 0.3 is 0 Å². The Labute approximate surface area is 213 Å². The topological polar surface area (TPSA) is 66.8 Å². The molecule has 0 unspecified atom stereocenters. The van der Waals surface area contributed by atoms with Gasteiger partial charge in [-0.2, -0.15) is 0 Å². The number of nitrogens with zero attached hydrogens (tertiary/aromatic N) is 1. The number of hydrogen-bond acceptors (Lipinski definition) is 4. The number of fused-ring (bicyclic) bond motifs is 4. The van der Waals surface area contributed by atoms with Crippen LogP contribution in [0.4, 0.5) is 0 Å². The smallest absolute Gasteiger partial charge is 0.233 e. The Morgan fingerprint density at radius 2 is 1.86 bits per heavy atom. The van der Waals surface area contributed by atoms with Gasteiger partial charge in [0.1, 0.15) is 5.75 Å². The number of rotatable bonds is 7. The van der Waals surface area contributed by atoms with Crippen molar-refractivity contribution in [2.45, 2.75) is 59.5 Å². The number of benzene rings is 2. The number of ether oxygens (including phenoxy) is 1. The predicted molar refractivity (Wildman–Crippen MR) is 142 cm³/mol. The molecule has 0 spiro atoms. The Balaban J connectivity index is 1.37. The zero-order valence-corrected chi connectivity index (χ0v) is 21.8. The van der Waals surface area contributed by atoms with Crippen LogP contribution in [-0.2, 0) is 14.3 Å². The van der Waals surface area contributed by atoms with E-state index in [0.29, 0.717) is 31.2 Å². The van der Waals surface area contributed by atoms with Crippen LogP contribution in [0.2, 0.25) is 0 Å². The number of allylic oxidation sites excluding steroid dienone is 2. The summed E-state index contributed by atoms with van der Waals surface area (Å²) in [6.07, 6.45) is 5.41. The highest BCUT2D eigenvalue weighted by Crippen LogP contribution is 2.51. The maximum Gasteiger partial charge on any atom is 0.233 e. The van der Waals surface area contributed by atoms with Gasteiger partial charge in [-0.25, -0.2) is 0 Å². The van der Waals surface area contributed by atoms with Crippen LogP contribution in [0.3, 0.4) is 0 Å². The second-order valence-electron chi connectivity index (χ2n) is 11.0. The molecule has 2 heterocycles. The molecule has 1 aliphatic carbocycles. The van der Waals surface area contributed by atoms with Crippen LogP contribution in [0, 0.1) is 23.7 Å². The number of amides is 2. The lowest BCUT2D eigenvalue weighted by atomic mass is 9.67. The molecule has 2 saturated heterocycles. The van der Waals surface area contributed by atoms with Crippen LogP contribution < -0.4 is 0 Å². The van der Waals surface area contributed by atoms with Crippen LogP contribution in [-0.4, -0.2) is 41.1 Å². The fourth-order valence-corrected chi connectivity index (χ4v) is 6.60. The van der Waals surface area contributed by atoms with Crippen molar-refractivity contribution in [3.05, 3.63) is 58.7 Å². The molecular formula is C31H37NO4. The monoisotopic (exact) mass is 487 g/mol. The highest BCUT2D eigenvalue weighted by molar-refractivity contribution is 6.06. The molecule has 2 aliphatic heterocycles. The Bertz CT molecular complexity index is 1260. The molecule has 190 valence electrons. The summed E-state index contributed by atoms with van der Waals surface area (Å²) in [6, 6.07) is 11.6. The number of phenolic OH excluding ortho intramolecular Hbond substituents is 1. The average Bonchev–Trinajstić information content (AvgIpc) is 3.39. The van der Waals surface area contributed by atoms with Gasteiger partial charge in [-0.05, 0) is 61.1 Å². The van der Waals surface area contributed by atoms with Gasteiger partial charge in [0.2, 0.25) is 11.8 Å². The standard InChI is InChI=1S/C31H37NO4/c1-5-14-32-30(34)24-16-23(18(2)3)28-25(29(24)31(32)35)17-36-27(28)13-10-19(4)15-20-11-12-26(33)22-9-7-6-8-21(20)22/h6-9,11-12,15,18,24-25,27,29,33H,5,10,13-14,16-17H2,1-4H3/b19-15+/t24-,25+,27-,29-/m1/s1. The quantitative estimate of drug-likeness (QED) is 0.378. The first kappa shape index (κ1) is 24.8. The fraction of sp³-hybridized carbons (Fsp3) is 0.484. The SMILES string of the molecule is CCCN1C(=O)[C@@H]2[C@@H](CC(C(C)C)=C3[C@@H](CC/C(C)=C/c4ccc(O)c5ccccc45)OC[C@@H]32)C1=O. The summed E-state index contributed by atoms with van der Waals surface area (Å²) in [4.78, 5) is 27.9. The van der Waals surface area contributed by atoms with Crippen molar-refractivity contribution < 1.29 is 19.4 Å². The maximum absolute atomic E-state index is 13.3. The van der Waals surface area contributed by atoms with Crippen molar-refractivity contribution in [1.82, 2.24) is 4.90 Å². The molecule has 3 aliphatic rings. The van der Waals surface area contributed by atoms with Crippen molar-refractivity contribution in [3.63, 3.8) is 0 Å². The molecule has 2 aromatic rings. The molecule has 0 radical (unpaired) electrons. The maximum atomic E-state index is 13.3. The predicted octanol–water partition coefficient (Wildman–Crippen LogP) is 6.11. The second-order valence-corrected chi connectivity index (χ2v) is 11.0. The Morgan fingerprint density at radius 1 is 1.11 bits per heavy atom. The van der Waals surface area contributed by atoms with Gasteiger partial charge in [0.05, 0.1) is 24.5 Å². The van der Waals surface area contributed by atoms with E-state index in [-0.39, 0.29) is 35.7 Å². The zero-order valence-electron chi connectivity index (χ0n) is 21.8. The molecule has 2 amide bonds. The molecule has 0 aromatic heterocycles. The van der Waals surface area contributed by atoms with Gasteiger partial charge in [0, 0.05) is 17.8 Å². The van der Waals surface area contributed by atoms with Crippen LogP contribution in [0.5, 0.6) is 5.75 Å². The molecule has 0 saturated carbocycles. The average molecular weight is 488 g/mol. The Morgan fingerprint density at radius 3 is 2.58 bits per heavy atom. The molecule has 4 atom stereocenters. The molecule has 36 heavy (non-hydrogen) atoms. The first-order chi connectivity index (χ1) is 17.3. The van der Waals surface area contributed by atoms with E-state index in [1.165, 1.54) is 21.6 Å². The van der Waals surface area contributed by atoms with E-state index in [1.807, 2.05) is 37.3 Å². The summed E-state index contributed by atoms with van der Waals surface area (Å²) >= 11 is 0. The summed E-state index contributed by atoms with van der Waals surface area (Å²) in [5.41, 5.74) is 4.97. The highest BCUT2D eigenvalue weighted by atomic mass is 16.5. The van der Waals surface area contributed by atoms with E-state index in [4.69, 9.17) is 4.74 Å². The molecular weight excluding hydrogens is 450 g/mol. The summed E-state index contributed by atoms with van der Waals surface area (Å²) in [5.74, 6) is 0.204. The van der Waals surface area contributed by atoms with Gasteiger partial charge in [0.25, 0.3) is 0 Å². The number of imide groups is 1. The molecule has 2 fully saturated rings. The number of phenols is 1. The summed E-state index contributed by atoms with van der Waals surface area (Å²) in [7, 11) is 0. The normalized spacial score (nSPS) is 26.4. The van der Waals surface area contributed by atoms with Gasteiger partial charge in [-0.3, -0.25) is 14.5 Å². The second kappa shape index (κ2) is 9.85. The van der Waals surface area contributed by atoms with E-state index in [0.717, 1.165) is 35.6 Å². The van der Waals surface area contributed by atoms with Crippen LogP contribution in [0.15, 0.2) is 53.1 Å². The summed E-state index contributed by atoms with van der Waals surface area (Å²) in [6.45, 7) is 9.59. The van der Waals surface area contributed by atoms with Crippen molar-refractivity contribution in [1.29, 1.82) is 0 Å². The molecule has 5 heteroatoms. The Hall–Kier alpha value is -2.92. The van der Waals surface area contributed by atoms with E-state index in [9.17, 15) is 14.7 Å². The lowest BCUT2D eigenvalue weighted by Crippen LogP contribution is -2.35. The third-order valence-electron chi connectivity index (χ3n) is 8.32. The molecule has 0 bridgehead atoms. The minimum absolute atomic E-state index is 0.00334. The lowest BCUT2D eigenvalue weighted by Gasteiger charge is -2.33. The minimum Gasteiger partial charge on any atom is -0.507 e. The number of carbonyl (C=O) groups excluding carboxylic acids is 2. The van der Waals surface area contributed by atoms with Crippen molar-refractivity contribution in [2.24, 2.45) is 23.7 Å². The minimum atomic E-state index is -0.258. The van der Waals surface area contributed by atoms with Gasteiger partial charge in [0.15, 0.2) is 0 Å². The molecule has 5 nitrogen and oxygen atoms in total. The summed E-state index contributed by atoms with van der Waals surface area (Å²) < 4.78 is 6.35. The zero-order chi connectivity index (χ0) is 25.6. The Kier molecular flexibility index (Phi) is 6.78. The lowest BCUT2D eigenvalue weighted by molar-refractivity contribution is -0.140. The third-order valence-corrected chi connectivity index (χ3v) is 8.32. The van der Waals surface area contributed by atoms with Crippen molar-refractivity contribution in [2.75, 3.05) is 13.2 Å². The van der Waals surface area contributed by atoms with Crippen molar-refractivity contribution >= 4 is 28.7 Å². The first-order valence-corrected chi connectivity index (χ1v) is 13.4. The van der Waals surface area contributed by atoms with E-state index < -0.39 is 0 Å². The molecule has 2 aromatic carbocycles. The third kappa shape index (κ3) is 4.17. The number of carbonyl (C=O) groups is 2. The van der Waals surface area contributed by atoms with Crippen LogP contribution in [0.1, 0.15) is 58.9 Å². The highest BCUT2D eigenvalue weighted by Gasteiger charge is 2.56. The van der Waals surface area contributed by atoms with Crippen LogP contribution in [0.25, 0.3) is 16.8 Å². The largest absolute Gasteiger partial charge is 0.507 e. The van der Waals surface area contributed by atoms with Crippen LogP contribution >= 0.6 is 0 Å². The van der Waals surface area contributed by atoms with Gasteiger partial charge < -0.3 is 9.84 Å². The molecule has 1 N–H and O–H groups in total. The fourth-order valence-electron chi connectivity index (χ4n) is 6.60. The molecule has 5 rings (SSSR count). The summed E-state index contributed by atoms with van der Waals surface area (Å²) in [5, 5.41) is 12.1. The first-order valence-electron chi connectivity index (χ1n) is 13.4. The van der Waals surface area contributed by atoms with Gasteiger partial charge in [-0.1, -0.05) is 68.3 Å². The number of hydrogen-bond donors (Lipinski definition) is 1. The number of likely N-dealkylation sites (tertiary alicyclic amines) is 1. The van der Waals surface area contributed by atoms with E-state index >= 15 is 0 Å². The van der Waals surface area contributed by atoms with Crippen molar-refractivity contribution in [3.8, 4) is 5.75 Å². The number of aromatic hydroxyl groups is 1.